The van der Waals surface area contributed by atoms with Crippen molar-refractivity contribution in [2.45, 2.75) is 6.10 Å². The van der Waals surface area contributed by atoms with Gasteiger partial charge in [0.2, 0.25) is 0 Å². The smallest absolute Gasteiger partial charge is 0.334 e. The van der Waals surface area contributed by atoms with Crippen LogP contribution in [0.2, 0.25) is 0 Å². The van der Waals surface area contributed by atoms with Gasteiger partial charge in [-0.2, -0.15) is 0 Å². The SMILES string of the molecule is O=C(O)[C@H]1CN(C(=O)c2cc3c(F)cc(Br)cc3[nH]2)CCO1. The lowest BCUT2D eigenvalue weighted by molar-refractivity contribution is -0.154. The molecule has 1 aliphatic rings. The maximum atomic E-state index is 13.9. The number of carboxylic acids is 1. The summed E-state index contributed by atoms with van der Waals surface area (Å²) in [6, 6.07) is 4.43. The minimum atomic E-state index is -1.11. The van der Waals surface area contributed by atoms with E-state index < -0.39 is 17.9 Å². The normalized spacial score (nSPS) is 18.6. The lowest BCUT2D eigenvalue weighted by atomic mass is 10.2. The van der Waals surface area contributed by atoms with Gasteiger partial charge in [0.15, 0.2) is 6.10 Å². The van der Waals surface area contributed by atoms with Crippen LogP contribution in [-0.2, 0) is 9.53 Å². The highest BCUT2D eigenvalue weighted by molar-refractivity contribution is 9.10. The summed E-state index contributed by atoms with van der Waals surface area (Å²) >= 11 is 3.19. The molecule has 1 saturated heterocycles. The van der Waals surface area contributed by atoms with Gasteiger partial charge in [-0.15, -0.1) is 0 Å². The molecule has 0 radical (unpaired) electrons. The van der Waals surface area contributed by atoms with Crippen molar-refractivity contribution in [3.05, 3.63) is 34.2 Å². The number of aromatic nitrogens is 1. The van der Waals surface area contributed by atoms with E-state index in [2.05, 4.69) is 20.9 Å². The van der Waals surface area contributed by atoms with E-state index in [1.165, 1.54) is 17.0 Å². The number of halogens is 2. The Kier molecular flexibility index (Phi) is 3.88. The summed E-state index contributed by atoms with van der Waals surface area (Å²) in [4.78, 5) is 27.7. The highest BCUT2D eigenvalue weighted by atomic mass is 79.9. The van der Waals surface area contributed by atoms with Gasteiger partial charge < -0.3 is 19.7 Å². The molecule has 2 heterocycles. The Morgan fingerprint density at radius 3 is 2.91 bits per heavy atom. The zero-order valence-electron chi connectivity index (χ0n) is 11.3. The number of aromatic amines is 1. The number of ether oxygens (including phenoxy) is 1. The summed E-state index contributed by atoms with van der Waals surface area (Å²) in [5.74, 6) is -1.92. The Morgan fingerprint density at radius 2 is 2.18 bits per heavy atom. The number of hydrogen-bond donors (Lipinski definition) is 2. The highest BCUT2D eigenvalue weighted by Gasteiger charge is 2.30. The molecule has 22 heavy (non-hydrogen) atoms. The first-order valence-corrected chi connectivity index (χ1v) is 7.36. The average Bonchev–Trinajstić information content (AvgIpc) is 2.90. The molecule has 3 rings (SSSR count). The summed E-state index contributed by atoms with van der Waals surface area (Å²) < 4.78 is 19.5. The Balaban J connectivity index is 1.89. The Labute approximate surface area is 133 Å². The van der Waals surface area contributed by atoms with E-state index in [0.29, 0.717) is 21.9 Å². The molecule has 1 aromatic heterocycles. The van der Waals surface area contributed by atoms with Crippen LogP contribution in [0.4, 0.5) is 4.39 Å². The molecular weight excluding hydrogens is 359 g/mol. The molecule has 1 fully saturated rings. The first-order chi connectivity index (χ1) is 10.5. The molecule has 0 unspecified atom stereocenters. The molecule has 0 saturated carbocycles. The molecule has 6 nitrogen and oxygen atoms in total. The first kappa shape index (κ1) is 15.0. The number of carbonyl (C=O) groups excluding carboxylic acids is 1. The monoisotopic (exact) mass is 370 g/mol. The van der Waals surface area contributed by atoms with E-state index in [4.69, 9.17) is 9.84 Å². The van der Waals surface area contributed by atoms with Gasteiger partial charge in [-0.25, -0.2) is 9.18 Å². The van der Waals surface area contributed by atoms with Crippen LogP contribution in [0.1, 0.15) is 10.5 Å². The third kappa shape index (κ3) is 2.71. The fourth-order valence-corrected chi connectivity index (χ4v) is 2.86. The van der Waals surface area contributed by atoms with Crippen molar-refractivity contribution in [2.24, 2.45) is 0 Å². The van der Waals surface area contributed by atoms with Gasteiger partial charge in [0.05, 0.1) is 18.7 Å². The number of fused-ring (bicyclic) bond motifs is 1. The molecule has 0 aliphatic carbocycles. The van der Waals surface area contributed by atoms with Crippen LogP contribution in [-0.4, -0.2) is 52.7 Å². The van der Waals surface area contributed by atoms with Gasteiger partial charge in [-0.1, -0.05) is 15.9 Å². The van der Waals surface area contributed by atoms with E-state index in [0.717, 1.165) is 0 Å². The summed E-state index contributed by atoms with van der Waals surface area (Å²) in [5.41, 5.74) is 0.719. The maximum Gasteiger partial charge on any atom is 0.334 e. The number of H-pyrrole nitrogens is 1. The number of nitrogens with one attached hydrogen (secondary N) is 1. The van der Waals surface area contributed by atoms with Crippen LogP contribution >= 0.6 is 15.9 Å². The van der Waals surface area contributed by atoms with Crippen LogP contribution < -0.4 is 0 Å². The number of rotatable bonds is 2. The second-order valence-electron chi connectivity index (χ2n) is 4.98. The van der Waals surface area contributed by atoms with Crippen LogP contribution in [0.15, 0.2) is 22.7 Å². The van der Waals surface area contributed by atoms with Crippen LogP contribution in [0.3, 0.4) is 0 Å². The standard InChI is InChI=1S/C14H12BrFN2O4/c15-7-3-9(16)8-5-11(17-10(8)4-7)13(19)18-1-2-22-12(6-18)14(20)21/h3-5,12,17H,1-2,6H2,(H,20,21)/t12-/m1/s1. The van der Waals surface area contributed by atoms with Crippen molar-refractivity contribution in [1.82, 2.24) is 9.88 Å². The van der Waals surface area contributed by atoms with Crippen molar-refractivity contribution in [2.75, 3.05) is 19.7 Å². The highest BCUT2D eigenvalue weighted by Crippen LogP contribution is 2.24. The second-order valence-corrected chi connectivity index (χ2v) is 5.90. The van der Waals surface area contributed by atoms with Gasteiger partial charge in [0, 0.05) is 16.4 Å². The Bertz CT molecular complexity index is 761. The largest absolute Gasteiger partial charge is 0.479 e. The van der Waals surface area contributed by atoms with E-state index >= 15 is 0 Å². The maximum absolute atomic E-state index is 13.9. The van der Waals surface area contributed by atoms with Crippen LogP contribution in [0.5, 0.6) is 0 Å². The third-order valence-corrected chi connectivity index (χ3v) is 3.97. The summed E-state index contributed by atoms with van der Waals surface area (Å²) in [6.45, 7) is 0.419. The summed E-state index contributed by atoms with van der Waals surface area (Å²) in [5, 5.41) is 9.28. The fraction of sp³-hybridized carbons (Fsp3) is 0.286. The van der Waals surface area contributed by atoms with E-state index in [1.807, 2.05) is 0 Å². The molecule has 0 spiro atoms. The lowest BCUT2D eigenvalue weighted by Crippen LogP contribution is -2.48. The molecule has 1 aliphatic heterocycles. The molecule has 0 bridgehead atoms. The molecule has 2 N–H and O–H groups in total. The first-order valence-electron chi connectivity index (χ1n) is 6.57. The second kappa shape index (κ2) is 5.69. The average molecular weight is 371 g/mol. The van der Waals surface area contributed by atoms with Gasteiger partial charge in [-0.3, -0.25) is 4.79 Å². The van der Waals surface area contributed by atoms with Crippen molar-refractivity contribution < 1.29 is 23.8 Å². The predicted molar refractivity (Wildman–Crippen MR) is 79.2 cm³/mol. The predicted octanol–water partition coefficient (Wildman–Crippen LogP) is 2.00. The number of nitrogens with zero attached hydrogens (tertiary/aromatic N) is 1. The molecule has 116 valence electrons. The Hall–Kier alpha value is -1.93. The van der Waals surface area contributed by atoms with E-state index in [1.54, 1.807) is 6.07 Å². The molecule has 1 atom stereocenters. The number of carbonyl (C=O) groups is 2. The van der Waals surface area contributed by atoms with Crippen molar-refractivity contribution in [3.63, 3.8) is 0 Å². The molecular formula is C14H12BrFN2O4. The van der Waals surface area contributed by atoms with Crippen LogP contribution in [0.25, 0.3) is 10.9 Å². The van der Waals surface area contributed by atoms with E-state index in [-0.39, 0.29) is 24.8 Å². The van der Waals surface area contributed by atoms with E-state index in [9.17, 15) is 14.0 Å². The summed E-state index contributed by atoms with van der Waals surface area (Å²) in [6.07, 6.45) is -1.03. The third-order valence-electron chi connectivity index (χ3n) is 3.51. The Morgan fingerprint density at radius 1 is 1.41 bits per heavy atom. The van der Waals surface area contributed by atoms with Gasteiger partial charge in [0.25, 0.3) is 5.91 Å². The van der Waals surface area contributed by atoms with Crippen molar-refractivity contribution >= 4 is 38.7 Å². The zero-order valence-corrected chi connectivity index (χ0v) is 12.9. The number of carboxylic acid groups (broad SMARTS) is 1. The molecule has 1 aromatic carbocycles. The van der Waals surface area contributed by atoms with Crippen molar-refractivity contribution in [3.8, 4) is 0 Å². The van der Waals surface area contributed by atoms with Gasteiger partial charge >= 0.3 is 5.97 Å². The van der Waals surface area contributed by atoms with Crippen LogP contribution in [0, 0.1) is 5.82 Å². The van der Waals surface area contributed by atoms with Gasteiger partial charge in [-0.05, 0) is 18.2 Å². The minimum absolute atomic E-state index is 0.0320. The number of morpholine rings is 1. The molecule has 2 aromatic rings. The van der Waals surface area contributed by atoms with Crippen molar-refractivity contribution in [1.29, 1.82) is 0 Å². The minimum Gasteiger partial charge on any atom is -0.479 e. The zero-order chi connectivity index (χ0) is 15.9. The quantitative estimate of drug-likeness (QED) is 0.846. The number of benzene rings is 1. The van der Waals surface area contributed by atoms with Gasteiger partial charge in [0.1, 0.15) is 11.5 Å². The number of hydrogen-bond acceptors (Lipinski definition) is 3. The summed E-state index contributed by atoms with van der Waals surface area (Å²) in [7, 11) is 0. The molecule has 1 amide bonds. The number of aliphatic carboxylic acids is 1. The topological polar surface area (TPSA) is 82.6 Å². The number of amides is 1. The lowest BCUT2D eigenvalue weighted by Gasteiger charge is -2.30. The fourth-order valence-electron chi connectivity index (χ4n) is 2.43. The molecule has 8 heteroatoms.